The highest BCUT2D eigenvalue weighted by molar-refractivity contribution is 5.73. The molecule has 168 valence electrons. The van der Waals surface area contributed by atoms with Gasteiger partial charge >= 0.3 is 5.97 Å². The minimum absolute atomic E-state index is 0.0689. The van der Waals surface area contributed by atoms with Gasteiger partial charge in [0.05, 0.1) is 0 Å². The third-order valence-electron chi connectivity index (χ3n) is 4.76. The average molecular weight is 445 g/mol. The summed E-state index contributed by atoms with van der Waals surface area (Å²) >= 11 is 0. The first-order chi connectivity index (χ1) is 15.2. The molecule has 3 aromatic carbocycles. The lowest BCUT2D eigenvalue weighted by Crippen LogP contribution is -2.32. The number of phenolic OH excluding ortho intramolecular Hbond substituents is 1. The first kappa shape index (κ1) is 23.0. The van der Waals surface area contributed by atoms with Gasteiger partial charge in [0.1, 0.15) is 23.1 Å². The Kier molecular flexibility index (Phi) is 6.92. The molecule has 1 unspecified atom stereocenters. The fourth-order valence-corrected chi connectivity index (χ4v) is 3.20. The Morgan fingerprint density at radius 1 is 1.03 bits per heavy atom. The van der Waals surface area contributed by atoms with Crippen molar-refractivity contribution in [3.05, 3.63) is 77.6 Å². The zero-order chi connectivity index (χ0) is 23.4. The number of carboxylic acids is 1. The summed E-state index contributed by atoms with van der Waals surface area (Å²) in [6.45, 7) is 3.15. The molecule has 3 rings (SSSR count). The van der Waals surface area contributed by atoms with E-state index in [0.717, 1.165) is 12.1 Å². The molecule has 1 atom stereocenters. The van der Waals surface area contributed by atoms with Crippen LogP contribution in [0.1, 0.15) is 19.4 Å². The van der Waals surface area contributed by atoms with Crippen LogP contribution in [0.3, 0.4) is 0 Å². The van der Waals surface area contributed by atoms with E-state index in [0.29, 0.717) is 16.7 Å². The van der Waals surface area contributed by atoms with E-state index in [9.17, 15) is 28.2 Å². The van der Waals surface area contributed by atoms with Gasteiger partial charge in [0.25, 0.3) is 0 Å². The molecule has 0 aromatic heterocycles. The monoisotopic (exact) mass is 445 g/mol. The number of hydrogen-bond acceptors (Lipinski definition) is 4. The molecule has 0 saturated heterocycles. The van der Waals surface area contributed by atoms with Crippen molar-refractivity contribution in [2.45, 2.75) is 26.5 Å². The smallest absolute Gasteiger partial charge is 0.345 e. The van der Waals surface area contributed by atoms with E-state index < -0.39 is 46.9 Å². The van der Waals surface area contributed by atoms with E-state index in [-0.39, 0.29) is 12.3 Å². The highest BCUT2D eigenvalue weighted by Gasteiger charge is 2.26. The maximum absolute atomic E-state index is 14.9. The second-order valence-electron chi connectivity index (χ2n) is 7.61. The van der Waals surface area contributed by atoms with Crippen molar-refractivity contribution >= 4 is 11.7 Å². The summed E-state index contributed by atoms with van der Waals surface area (Å²) in [6, 6.07) is 12.3. The Hall–Kier alpha value is -3.68. The second-order valence-corrected chi connectivity index (χ2v) is 7.61. The zero-order valence-electron chi connectivity index (χ0n) is 17.4. The second kappa shape index (κ2) is 9.64. The van der Waals surface area contributed by atoms with Crippen molar-refractivity contribution in [2.75, 3.05) is 5.32 Å². The number of nitrogens with one attached hydrogen (secondary N) is 1. The van der Waals surface area contributed by atoms with Crippen molar-refractivity contribution in [3.8, 4) is 22.6 Å². The van der Waals surface area contributed by atoms with Gasteiger partial charge in [-0.25, -0.2) is 18.0 Å². The van der Waals surface area contributed by atoms with Gasteiger partial charge in [0.2, 0.25) is 0 Å². The number of aliphatic carboxylic acids is 1. The Morgan fingerprint density at radius 2 is 1.78 bits per heavy atom. The Morgan fingerprint density at radius 3 is 2.44 bits per heavy atom. The fraction of sp³-hybridized carbons (Fsp3) is 0.208. The van der Waals surface area contributed by atoms with Gasteiger partial charge < -0.3 is 20.3 Å². The quantitative estimate of drug-likeness (QED) is 0.422. The predicted molar refractivity (Wildman–Crippen MR) is 114 cm³/mol. The third-order valence-corrected chi connectivity index (χ3v) is 4.76. The average Bonchev–Trinajstić information content (AvgIpc) is 2.72. The molecule has 0 spiro atoms. The van der Waals surface area contributed by atoms with Crippen LogP contribution in [0.25, 0.3) is 11.1 Å². The molecule has 0 bridgehead atoms. The van der Waals surface area contributed by atoms with E-state index in [4.69, 9.17) is 4.74 Å². The molecule has 0 aliphatic rings. The number of halogens is 3. The normalized spacial score (nSPS) is 11.9. The van der Waals surface area contributed by atoms with E-state index in [1.54, 1.807) is 26.0 Å². The van der Waals surface area contributed by atoms with Crippen molar-refractivity contribution in [3.63, 3.8) is 0 Å². The molecule has 8 heteroatoms. The van der Waals surface area contributed by atoms with Crippen LogP contribution in [0.2, 0.25) is 0 Å². The van der Waals surface area contributed by atoms with Crippen molar-refractivity contribution in [2.24, 2.45) is 5.92 Å². The molecule has 0 radical (unpaired) electrons. The summed E-state index contributed by atoms with van der Waals surface area (Å²) in [4.78, 5) is 11.3. The molecular weight excluding hydrogens is 423 g/mol. The van der Waals surface area contributed by atoms with Crippen LogP contribution in [0.5, 0.6) is 11.5 Å². The molecule has 0 aliphatic heterocycles. The van der Waals surface area contributed by atoms with Crippen molar-refractivity contribution in [1.29, 1.82) is 0 Å². The van der Waals surface area contributed by atoms with Gasteiger partial charge in [-0.3, -0.25) is 0 Å². The molecule has 3 aromatic rings. The number of aromatic hydroxyl groups is 1. The van der Waals surface area contributed by atoms with Crippen LogP contribution >= 0.6 is 0 Å². The molecule has 32 heavy (non-hydrogen) atoms. The highest BCUT2D eigenvalue weighted by Crippen LogP contribution is 2.31. The molecule has 0 amide bonds. The first-order valence-corrected chi connectivity index (χ1v) is 9.86. The topological polar surface area (TPSA) is 78.8 Å². The van der Waals surface area contributed by atoms with E-state index >= 15 is 0 Å². The number of rotatable bonds is 8. The SMILES string of the molecule is CC(C)C(Oc1ccc(F)c(NCc2cc(O)cc(-c3cccc(F)c3)c2)c1F)C(=O)O. The largest absolute Gasteiger partial charge is 0.508 e. The molecule has 0 heterocycles. The summed E-state index contributed by atoms with van der Waals surface area (Å²) in [6.07, 6.45) is -1.30. The number of carbonyl (C=O) groups is 1. The van der Waals surface area contributed by atoms with Crippen LogP contribution in [0.4, 0.5) is 18.9 Å². The minimum Gasteiger partial charge on any atom is -0.508 e. The van der Waals surface area contributed by atoms with Crippen LogP contribution < -0.4 is 10.1 Å². The minimum atomic E-state index is -1.30. The summed E-state index contributed by atoms with van der Waals surface area (Å²) in [5.41, 5.74) is 1.05. The number of carboxylic acid groups (broad SMARTS) is 1. The Labute approximate surface area is 183 Å². The molecular formula is C24H22F3NO4. The van der Waals surface area contributed by atoms with Gasteiger partial charge in [-0.15, -0.1) is 0 Å². The van der Waals surface area contributed by atoms with Gasteiger partial charge in [-0.2, -0.15) is 0 Å². The van der Waals surface area contributed by atoms with Crippen molar-refractivity contribution in [1.82, 2.24) is 0 Å². The Bertz CT molecular complexity index is 1130. The fourth-order valence-electron chi connectivity index (χ4n) is 3.20. The first-order valence-electron chi connectivity index (χ1n) is 9.86. The summed E-state index contributed by atoms with van der Waals surface area (Å²) in [7, 11) is 0. The van der Waals surface area contributed by atoms with Crippen LogP contribution in [0.15, 0.2) is 54.6 Å². The van der Waals surface area contributed by atoms with Gasteiger partial charge in [-0.05, 0) is 59.2 Å². The van der Waals surface area contributed by atoms with Gasteiger partial charge in [0.15, 0.2) is 17.7 Å². The number of ether oxygens (including phenoxy) is 1. The molecule has 0 aliphatic carbocycles. The van der Waals surface area contributed by atoms with Crippen LogP contribution in [-0.4, -0.2) is 22.3 Å². The van der Waals surface area contributed by atoms with Gasteiger partial charge in [-0.1, -0.05) is 26.0 Å². The number of phenols is 1. The number of benzene rings is 3. The third kappa shape index (κ3) is 5.32. The summed E-state index contributed by atoms with van der Waals surface area (Å²) in [5.74, 6) is -4.59. The zero-order valence-corrected chi connectivity index (χ0v) is 17.4. The molecule has 0 saturated carbocycles. The Balaban J connectivity index is 1.85. The predicted octanol–water partition coefficient (Wildman–Crippen LogP) is 5.58. The molecule has 5 nitrogen and oxygen atoms in total. The highest BCUT2D eigenvalue weighted by atomic mass is 19.1. The molecule has 0 fully saturated rings. The maximum Gasteiger partial charge on any atom is 0.345 e. The lowest BCUT2D eigenvalue weighted by Gasteiger charge is -2.20. The summed E-state index contributed by atoms with van der Waals surface area (Å²) in [5, 5.41) is 21.9. The van der Waals surface area contributed by atoms with Crippen molar-refractivity contribution < 1.29 is 32.9 Å². The summed E-state index contributed by atoms with van der Waals surface area (Å²) < 4.78 is 48.0. The number of hydrogen-bond donors (Lipinski definition) is 3. The lowest BCUT2D eigenvalue weighted by atomic mass is 10.0. The van der Waals surface area contributed by atoms with Crippen LogP contribution in [0, 0.1) is 23.4 Å². The maximum atomic E-state index is 14.9. The van der Waals surface area contributed by atoms with Gasteiger partial charge in [0, 0.05) is 12.5 Å². The van der Waals surface area contributed by atoms with E-state index in [1.165, 1.54) is 30.3 Å². The van der Waals surface area contributed by atoms with E-state index in [2.05, 4.69) is 5.32 Å². The number of anilines is 1. The standard InChI is InChI=1S/C24H22F3NO4/c1-13(2)23(24(30)31)32-20-7-6-19(26)22(21(20)27)28-12-14-8-16(11-18(29)9-14)15-4-3-5-17(25)10-15/h3-11,13,23,28-29H,12H2,1-2H3,(H,30,31). The lowest BCUT2D eigenvalue weighted by molar-refractivity contribution is -0.147. The molecule has 3 N–H and O–H groups in total. The van der Waals surface area contributed by atoms with E-state index in [1.807, 2.05) is 0 Å². The van der Waals surface area contributed by atoms with Crippen LogP contribution in [-0.2, 0) is 11.3 Å².